The van der Waals surface area contributed by atoms with Gasteiger partial charge >= 0.3 is 5.97 Å². The Morgan fingerprint density at radius 3 is 2.73 bits per heavy atom. The van der Waals surface area contributed by atoms with Crippen molar-refractivity contribution in [2.24, 2.45) is 0 Å². The number of nitrogens with zero attached hydrogens (tertiary/aromatic N) is 2. The van der Waals surface area contributed by atoms with Crippen molar-refractivity contribution >= 4 is 11.5 Å². The minimum absolute atomic E-state index is 0.0207. The lowest BCUT2D eigenvalue weighted by Crippen LogP contribution is -2.33. The molecule has 0 amide bonds. The van der Waals surface area contributed by atoms with Crippen LogP contribution in [0.1, 0.15) is 66.9 Å². The minimum Gasteiger partial charge on any atom is -0.478 e. The molecular formula is C20H21FN2O3. The maximum atomic E-state index is 15.1. The maximum Gasteiger partial charge on any atom is 0.337 e. The zero-order valence-corrected chi connectivity index (χ0v) is 14.9. The number of hydrogen-bond acceptors (Lipinski definition) is 3. The van der Waals surface area contributed by atoms with Crippen LogP contribution >= 0.6 is 0 Å². The van der Waals surface area contributed by atoms with Crippen LogP contribution in [0.3, 0.4) is 0 Å². The summed E-state index contributed by atoms with van der Waals surface area (Å²) < 4.78 is 22.4. The summed E-state index contributed by atoms with van der Waals surface area (Å²) in [6, 6.07) is 3.70. The first-order valence-electron chi connectivity index (χ1n) is 8.89. The molecule has 0 radical (unpaired) electrons. The van der Waals surface area contributed by atoms with Gasteiger partial charge in [-0.25, -0.2) is 9.18 Å². The molecule has 1 saturated carbocycles. The van der Waals surface area contributed by atoms with Crippen molar-refractivity contribution in [2.75, 3.05) is 6.61 Å². The molecule has 1 N–H and O–H groups in total. The lowest BCUT2D eigenvalue weighted by Gasteiger charge is -2.35. The fourth-order valence-electron chi connectivity index (χ4n) is 4.21. The number of carboxylic acid groups (broad SMARTS) is 1. The van der Waals surface area contributed by atoms with Gasteiger partial charge in [0, 0.05) is 24.6 Å². The number of carboxylic acids is 1. The fraction of sp³-hybridized carbons (Fsp3) is 0.500. The summed E-state index contributed by atoms with van der Waals surface area (Å²) in [5.41, 5.74) is 0.270. The highest BCUT2D eigenvalue weighted by Gasteiger charge is 2.49. The van der Waals surface area contributed by atoms with Crippen molar-refractivity contribution in [1.29, 1.82) is 5.26 Å². The number of hydrogen-bond donors (Lipinski definition) is 1. The summed E-state index contributed by atoms with van der Waals surface area (Å²) in [7, 11) is 0. The molecule has 1 atom stereocenters. The highest BCUT2D eigenvalue weighted by atomic mass is 19.1. The lowest BCUT2D eigenvalue weighted by atomic mass is 9.84. The first-order chi connectivity index (χ1) is 12.3. The molecular weight excluding hydrogens is 335 g/mol. The number of nitriles is 1. The van der Waals surface area contributed by atoms with Crippen LogP contribution < -0.4 is 0 Å². The number of ether oxygens (including phenoxy) is 1. The highest BCUT2D eigenvalue weighted by molar-refractivity contribution is 5.94. The van der Waals surface area contributed by atoms with Gasteiger partial charge in [-0.1, -0.05) is 0 Å². The molecule has 136 valence electrons. The zero-order chi connectivity index (χ0) is 18.7. The smallest absolute Gasteiger partial charge is 0.337 e. The van der Waals surface area contributed by atoms with Crippen LogP contribution in [-0.2, 0) is 10.2 Å². The van der Waals surface area contributed by atoms with Crippen molar-refractivity contribution in [1.82, 2.24) is 4.40 Å². The first-order valence-corrected chi connectivity index (χ1v) is 8.89. The number of carbonyl (C=O) groups is 1. The summed E-state index contributed by atoms with van der Waals surface area (Å²) >= 11 is 0. The van der Waals surface area contributed by atoms with Gasteiger partial charge in [0.15, 0.2) is 0 Å². The van der Waals surface area contributed by atoms with E-state index in [1.165, 1.54) is 12.3 Å². The molecule has 2 aromatic heterocycles. The number of halogens is 1. The second-order valence-corrected chi connectivity index (χ2v) is 8.09. The topological polar surface area (TPSA) is 74.7 Å². The van der Waals surface area contributed by atoms with Crippen molar-refractivity contribution in [3.8, 4) is 6.07 Å². The average molecular weight is 356 g/mol. The van der Waals surface area contributed by atoms with Gasteiger partial charge in [-0.2, -0.15) is 5.26 Å². The molecule has 2 aliphatic rings. The van der Waals surface area contributed by atoms with Crippen molar-refractivity contribution in [2.45, 2.75) is 56.5 Å². The molecule has 0 unspecified atom stereocenters. The SMILES string of the molecule is CC1(C)C[C@@H](c2cc(F)c3c(C4(C#N)CC4)c(C(=O)O)cn3c2)CCO1. The van der Waals surface area contributed by atoms with Crippen LogP contribution in [0.2, 0.25) is 0 Å². The molecule has 0 aromatic carbocycles. The van der Waals surface area contributed by atoms with Crippen LogP contribution in [0.15, 0.2) is 18.5 Å². The summed E-state index contributed by atoms with van der Waals surface area (Å²) in [6.07, 6.45) is 5.98. The van der Waals surface area contributed by atoms with Crippen molar-refractivity contribution in [3.63, 3.8) is 0 Å². The summed E-state index contributed by atoms with van der Waals surface area (Å²) in [6.45, 7) is 4.66. The molecule has 2 fully saturated rings. The predicted octanol–water partition coefficient (Wildman–Crippen LogP) is 4.00. The third-order valence-electron chi connectivity index (χ3n) is 5.68. The van der Waals surface area contributed by atoms with E-state index in [0.29, 0.717) is 25.0 Å². The van der Waals surface area contributed by atoms with E-state index in [-0.39, 0.29) is 22.6 Å². The van der Waals surface area contributed by atoms with Crippen LogP contribution in [0, 0.1) is 17.1 Å². The molecule has 0 bridgehead atoms. The molecule has 3 heterocycles. The molecule has 5 nitrogen and oxygen atoms in total. The van der Waals surface area contributed by atoms with Crippen molar-refractivity contribution < 1.29 is 19.0 Å². The van der Waals surface area contributed by atoms with E-state index in [0.717, 1.165) is 18.4 Å². The largest absolute Gasteiger partial charge is 0.478 e. The Hall–Kier alpha value is -2.39. The van der Waals surface area contributed by atoms with Gasteiger partial charge in [0.1, 0.15) is 5.82 Å². The third-order valence-corrected chi connectivity index (χ3v) is 5.68. The number of rotatable bonds is 3. The van der Waals surface area contributed by atoms with Gasteiger partial charge in [0.05, 0.1) is 28.2 Å². The van der Waals surface area contributed by atoms with E-state index in [1.807, 2.05) is 20.0 Å². The van der Waals surface area contributed by atoms with Crippen LogP contribution in [0.5, 0.6) is 0 Å². The van der Waals surface area contributed by atoms with Crippen molar-refractivity contribution in [3.05, 3.63) is 41.0 Å². The molecule has 4 rings (SSSR count). The Balaban J connectivity index is 1.87. The van der Waals surface area contributed by atoms with E-state index >= 15 is 4.39 Å². The normalized spacial score (nSPS) is 23.5. The Bertz CT molecular complexity index is 950. The molecule has 1 aliphatic heterocycles. The maximum absolute atomic E-state index is 15.1. The monoisotopic (exact) mass is 356 g/mol. The average Bonchev–Trinajstić information content (AvgIpc) is 3.26. The van der Waals surface area contributed by atoms with Gasteiger partial charge < -0.3 is 14.2 Å². The van der Waals surface area contributed by atoms with Crippen LogP contribution in [-0.4, -0.2) is 27.7 Å². The number of fused-ring (bicyclic) bond motifs is 1. The van der Waals surface area contributed by atoms with E-state index < -0.39 is 17.2 Å². The second kappa shape index (κ2) is 5.55. The van der Waals surface area contributed by atoms with Crippen LogP contribution in [0.4, 0.5) is 4.39 Å². The molecule has 6 heteroatoms. The Kier molecular flexibility index (Phi) is 3.64. The lowest BCUT2D eigenvalue weighted by molar-refractivity contribution is -0.0593. The quantitative estimate of drug-likeness (QED) is 0.902. The molecule has 2 aromatic rings. The number of pyridine rings is 1. The summed E-state index contributed by atoms with van der Waals surface area (Å²) in [4.78, 5) is 11.7. The first kappa shape index (κ1) is 17.0. The highest BCUT2D eigenvalue weighted by Crippen LogP contribution is 2.51. The van der Waals surface area contributed by atoms with E-state index in [9.17, 15) is 15.2 Å². The minimum atomic E-state index is -1.13. The standard InChI is InChI=1S/C20H21FN2O3/c1-19(2)8-12(3-6-26-19)13-7-15(21)17-16(20(11-22)4-5-20)14(18(24)25)10-23(17)9-13/h7,9-10,12H,3-6,8H2,1-2H3,(H,24,25)/t12-/m0/s1. The molecule has 26 heavy (non-hydrogen) atoms. The molecule has 1 aliphatic carbocycles. The van der Waals surface area contributed by atoms with Crippen LogP contribution in [0.25, 0.3) is 5.52 Å². The Morgan fingerprint density at radius 1 is 1.42 bits per heavy atom. The van der Waals surface area contributed by atoms with Gasteiger partial charge in [-0.3, -0.25) is 0 Å². The van der Waals surface area contributed by atoms with E-state index in [1.54, 1.807) is 4.40 Å². The summed E-state index contributed by atoms with van der Waals surface area (Å²) in [5.74, 6) is -1.43. The predicted molar refractivity (Wildman–Crippen MR) is 92.8 cm³/mol. The number of aromatic carboxylic acids is 1. The molecule has 0 spiro atoms. The zero-order valence-electron chi connectivity index (χ0n) is 14.9. The summed E-state index contributed by atoms with van der Waals surface area (Å²) in [5, 5.41) is 19.1. The van der Waals surface area contributed by atoms with E-state index in [4.69, 9.17) is 4.74 Å². The Labute approximate surface area is 151 Å². The number of aromatic nitrogens is 1. The second-order valence-electron chi connectivity index (χ2n) is 8.09. The van der Waals surface area contributed by atoms with Gasteiger partial charge in [0.2, 0.25) is 0 Å². The van der Waals surface area contributed by atoms with Gasteiger partial charge in [-0.15, -0.1) is 0 Å². The third kappa shape index (κ3) is 2.58. The Morgan fingerprint density at radius 2 is 2.15 bits per heavy atom. The molecule has 1 saturated heterocycles. The van der Waals surface area contributed by atoms with Gasteiger partial charge in [-0.05, 0) is 57.1 Å². The van der Waals surface area contributed by atoms with E-state index in [2.05, 4.69) is 6.07 Å². The fourth-order valence-corrected chi connectivity index (χ4v) is 4.21. The van der Waals surface area contributed by atoms with Gasteiger partial charge in [0.25, 0.3) is 0 Å².